The van der Waals surface area contributed by atoms with E-state index < -0.39 is 6.10 Å². The lowest BCUT2D eigenvalue weighted by atomic mass is 10.1. The number of methoxy groups -OCH3 is 2. The van der Waals surface area contributed by atoms with Crippen molar-refractivity contribution in [3.8, 4) is 23.1 Å². The smallest absolute Gasteiger partial charge is 0.231 e. The van der Waals surface area contributed by atoms with Crippen LogP contribution in [0.5, 0.6) is 23.1 Å². The quantitative estimate of drug-likeness (QED) is 0.610. The molecule has 1 aliphatic heterocycles. The van der Waals surface area contributed by atoms with Gasteiger partial charge in [-0.3, -0.25) is 4.90 Å². The Morgan fingerprint density at radius 3 is 2.63 bits per heavy atom. The van der Waals surface area contributed by atoms with E-state index in [0.717, 1.165) is 39.3 Å². The zero-order valence-corrected chi connectivity index (χ0v) is 17.4. The second kappa shape index (κ2) is 8.77. The van der Waals surface area contributed by atoms with Crippen LogP contribution >= 0.6 is 0 Å². The number of benzene rings is 2. The largest absolute Gasteiger partial charge is 0.497 e. The highest BCUT2D eigenvalue weighted by atomic mass is 16.7. The summed E-state index contributed by atoms with van der Waals surface area (Å²) in [7, 11) is 3.26. The summed E-state index contributed by atoms with van der Waals surface area (Å²) in [6.07, 6.45) is -0.470. The zero-order chi connectivity index (χ0) is 21.1. The van der Waals surface area contributed by atoms with Gasteiger partial charge in [0, 0.05) is 36.7 Å². The third kappa shape index (κ3) is 4.42. The summed E-state index contributed by atoms with van der Waals surface area (Å²) in [5.41, 5.74) is 2.85. The van der Waals surface area contributed by atoms with Gasteiger partial charge in [0.05, 0.1) is 25.8 Å². The Labute approximate surface area is 175 Å². The molecule has 1 aromatic heterocycles. The monoisotopic (exact) mass is 410 g/mol. The Balaban J connectivity index is 1.61. The number of rotatable bonds is 8. The second-order valence-corrected chi connectivity index (χ2v) is 7.42. The van der Waals surface area contributed by atoms with Crippen LogP contribution < -0.4 is 18.9 Å². The van der Waals surface area contributed by atoms with E-state index in [2.05, 4.69) is 16.0 Å². The van der Waals surface area contributed by atoms with Crippen LogP contribution in [0, 0.1) is 0 Å². The number of aliphatic hydroxyl groups excluding tert-OH is 1. The molecule has 30 heavy (non-hydrogen) atoms. The number of nitrogens with zero attached hydrogens (tertiary/aromatic N) is 2. The van der Waals surface area contributed by atoms with Gasteiger partial charge >= 0.3 is 0 Å². The van der Waals surface area contributed by atoms with Crippen molar-refractivity contribution in [1.82, 2.24) is 9.88 Å². The van der Waals surface area contributed by atoms with E-state index in [-0.39, 0.29) is 6.79 Å². The van der Waals surface area contributed by atoms with E-state index in [4.69, 9.17) is 18.9 Å². The molecule has 3 aromatic rings. The first-order chi connectivity index (χ1) is 14.6. The van der Waals surface area contributed by atoms with Gasteiger partial charge in [-0.05, 0) is 42.8 Å². The van der Waals surface area contributed by atoms with Crippen LogP contribution in [0.4, 0.5) is 0 Å². The number of hydrogen-bond donors (Lipinski definition) is 1. The molecule has 1 N–H and O–H groups in total. The van der Waals surface area contributed by atoms with Crippen LogP contribution in [0.1, 0.15) is 18.1 Å². The molecule has 1 aliphatic rings. The van der Waals surface area contributed by atoms with Crippen LogP contribution in [0.3, 0.4) is 0 Å². The second-order valence-electron chi connectivity index (χ2n) is 7.42. The number of fused-ring (bicyclic) bond motifs is 2. The SMILES string of the molecule is COc1ccc2cc(CN(Cc3ccc4c(c3)OCO4)C[C@@H](C)O)c(OC)nc2c1. The number of hydrogen-bond acceptors (Lipinski definition) is 7. The summed E-state index contributed by atoms with van der Waals surface area (Å²) >= 11 is 0. The fourth-order valence-corrected chi connectivity index (χ4v) is 3.69. The van der Waals surface area contributed by atoms with Gasteiger partial charge in [-0.15, -0.1) is 0 Å². The minimum Gasteiger partial charge on any atom is -0.497 e. The highest BCUT2D eigenvalue weighted by Crippen LogP contribution is 2.33. The lowest BCUT2D eigenvalue weighted by molar-refractivity contribution is 0.117. The molecule has 158 valence electrons. The van der Waals surface area contributed by atoms with Crippen LogP contribution in [-0.2, 0) is 13.1 Å². The van der Waals surface area contributed by atoms with E-state index in [0.29, 0.717) is 25.5 Å². The molecular weight excluding hydrogens is 384 g/mol. The summed E-state index contributed by atoms with van der Waals surface area (Å²) < 4.78 is 21.8. The van der Waals surface area contributed by atoms with Crippen molar-refractivity contribution in [2.45, 2.75) is 26.1 Å². The fourth-order valence-electron chi connectivity index (χ4n) is 3.69. The van der Waals surface area contributed by atoms with E-state index in [9.17, 15) is 5.11 Å². The molecule has 0 fully saturated rings. The minimum absolute atomic E-state index is 0.251. The van der Waals surface area contributed by atoms with Crippen LogP contribution in [-0.4, -0.2) is 48.7 Å². The first kappa shape index (κ1) is 20.3. The first-order valence-corrected chi connectivity index (χ1v) is 9.86. The molecule has 4 rings (SSSR count). The highest BCUT2D eigenvalue weighted by molar-refractivity contribution is 5.81. The van der Waals surface area contributed by atoms with E-state index in [1.807, 2.05) is 36.4 Å². The van der Waals surface area contributed by atoms with Gasteiger partial charge in [-0.2, -0.15) is 0 Å². The topological polar surface area (TPSA) is 73.3 Å². The maximum atomic E-state index is 10.0. The predicted molar refractivity (Wildman–Crippen MR) is 113 cm³/mol. The fraction of sp³-hybridized carbons (Fsp3) is 0.348. The summed E-state index contributed by atoms with van der Waals surface area (Å²) in [6, 6.07) is 13.8. The van der Waals surface area contributed by atoms with E-state index >= 15 is 0 Å². The third-order valence-electron chi connectivity index (χ3n) is 5.02. The molecule has 0 amide bonds. The number of pyridine rings is 1. The van der Waals surface area contributed by atoms with Crippen molar-refractivity contribution in [3.63, 3.8) is 0 Å². The molecule has 0 saturated carbocycles. The number of aromatic nitrogens is 1. The average Bonchev–Trinajstić information content (AvgIpc) is 3.20. The zero-order valence-electron chi connectivity index (χ0n) is 17.4. The summed E-state index contributed by atoms with van der Waals surface area (Å²) in [5.74, 6) is 2.83. The minimum atomic E-state index is -0.470. The van der Waals surface area contributed by atoms with Crippen LogP contribution in [0.25, 0.3) is 10.9 Å². The number of ether oxygens (including phenoxy) is 4. The van der Waals surface area contributed by atoms with Crippen LogP contribution in [0.15, 0.2) is 42.5 Å². The maximum absolute atomic E-state index is 10.0. The van der Waals surface area contributed by atoms with Gasteiger partial charge in [-0.25, -0.2) is 4.98 Å². The van der Waals surface area contributed by atoms with E-state index in [1.165, 1.54) is 0 Å². The van der Waals surface area contributed by atoms with E-state index in [1.54, 1.807) is 21.1 Å². The lowest BCUT2D eigenvalue weighted by Gasteiger charge is -2.25. The van der Waals surface area contributed by atoms with Crippen molar-refractivity contribution in [1.29, 1.82) is 0 Å². The summed E-state index contributed by atoms with van der Waals surface area (Å²) in [5, 5.41) is 11.0. The average molecular weight is 410 g/mol. The summed E-state index contributed by atoms with van der Waals surface area (Å²) in [6.45, 7) is 3.77. The molecule has 0 unspecified atom stereocenters. The van der Waals surface area contributed by atoms with Gasteiger partial charge in [0.2, 0.25) is 12.7 Å². The lowest BCUT2D eigenvalue weighted by Crippen LogP contribution is -2.30. The van der Waals surface area contributed by atoms with Crippen molar-refractivity contribution in [2.24, 2.45) is 0 Å². The predicted octanol–water partition coefficient (Wildman–Crippen LogP) is 3.36. The Hall–Kier alpha value is -3.03. The molecule has 2 heterocycles. The molecule has 7 nitrogen and oxygen atoms in total. The number of aliphatic hydroxyl groups is 1. The Kier molecular flexibility index (Phi) is 5.92. The van der Waals surface area contributed by atoms with Gasteiger partial charge in [0.1, 0.15) is 5.75 Å². The molecule has 0 radical (unpaired) electrons. The van der Waals surface area contributed by atoms with Gasteiger partial charge < -0.3 is 24.1 Å². The van der Waals surface area contributed by atoms with Crippen molar-refractivity contribution < 1.29 is 24.1 Å². The Morgan fingerprint density at radius 1 is 1.03 bits per heavy atom. The van der Waals surface area contributed by atoms with Gasteiger partial charge in [0.25, 0.3) is 0 Å². The Bertz CT molecular complexity index is 1040. The normalized spacial score (nSPS) is 13.6. The molecule has 2 aromatic carbocycles. The third-order valence-corrected chi connectivity index (χ3v) is 5.02. The van der Waals surface area contributed by atoms with Gasteiger partial charge in [-0.1, -0.05) is 6.07 Å². The molecule has 0 spiro atoms. The van der Waals surface area contributed by atoms with Crippen LogP contribution in [0.2, 0.25) is 0 Å². The van der Waals surface area contributed by atoms with Crippen molar-refractivity contribution in [2.75, 3.05) is 27.6 Å². The van der Waals surface area contributed by atoms with Crippen molar-refractivity contribution in [3.05, 3.63) is 53.6 Å². The first-order valence-electron chi connectivity index (χ1n) is 9.86. The molecule has 7 heteroatoms. The molecule has 0 aliphatic carbocycles. The summed E-state index contributed by atoms with van der Waals surface area (Å²) in [4.78, 5) is 6.82. The molecule has 1 atom stereocenters. The maximum Gasteiger partial charge on any atom is 0.231 e. The molecule has 0 saturated heterocycles. The Morgan fingerprint density at radius 2 is 1.87 bits per heavy atom. The highest BCUT2D eigenvalue weighted by Gasteiger charge is 2.18. The van der Waals surface area contributed by atoms with Crippen molar-refractivity contribution >= 4 is 10.9 Å². The molecular formula is C23H26N2O5. The van der Waals surface area contributed by atoms with Gasteiger partial charge in [0.15, 0.2) is 11.5 Å². The standard InChI is InChI=1S/C23H26N2O5/c1-15(26)11-25(12-16-4-7-21-22(8-16)30-14-29-21)13-18-9-17-5-6-19(27-2)10-20(17)24-23(18)28-3/h4-10,15,26H,11-14H2,1-3H3/t15-/m1/s1. The molecule has 0 bridgehead atoms.